The fourth-order valence-corrected chi connectivity index (χ4v) is 4.15. The monoisotopic (exact) mass is 419 g/mol. The van der Waals surface area contributed by atoms with Crippen molar-refractivity contribution in [2.75, 3.05) is 13.7 Å². The van der Waals surface area contributed by atoms with Crippen molar-refractivity contribution in [3.8, 4) is 11.5 Å². The van der Waals surface area contributed by atoms with E-state index < -0.39 is 0 Å². The maximum Gasteiger partial charge on any atom is 0.289 e. The van der Waals surface area contributed by atoms with Crippen LogP contribution in [0.2, 0.25) is 5.02 Å². The molecule has 7 heteroatoms. The Morgan fingerprint density at radius 1 is 1.07 bits per heavy atom. The first-order valence-corrected chi connectivity index (χ1v) is 10.3. The van der Waals surface area contributed by atoms with Crippen LogP contribution in [0.4, 0.5) is 4.79 Å². The minimum absolute atomic E-state index is 0.112. The summed E-state index contributed by atoms with van der Waals surface area (Å²) in [6.45, 7) is 2.82. The van der Waals surface area contributed by atoms with Gasteiger partial charge in [0.25, 0.3) is 5.24 Å². The minimum Gasteiger partial charge on any atom is -0.493 e. The van der Waals surface area contributed by atoms with E-state index in [-0.39, 0.29) is 16.4 Å². The van der Waals surface area contributed by atoms with E-state index in [0.717, 1.165) is 29.3 Å². The first-order valence-electron chi connectivity index (χ1n) is 9.08. The molecule has 1 aliphatic rings. The number of hydrogen-bond donors (Lipinski definition) is 0. The summed E-state index contributed by atoms with van der Waals surface area (Å²) in [6.07, 6.45) is 1.24. The Kier molecular flexibility index (Phi) is 6.86. The number of halogens is 1. The van der Waals surface area contributed by atoms with Crippen molar-refractivity contribution in [3.05, 3.63) is 58.6 Å². The van der Waals surface area contributed by atoms with Crippen molar-refractivity contribution in [1.29, 1.82) is 0 Å². The van der Waals surface area contributed by atoms with Crippen LogP contribution in [0.3, 0.4) is 0 Å². The van der Waals surface area contributed by atoms with Crippen molar-refractivity contribution in [2.45, 2.75) is 31.6 Å². The van der Waals surface area contributed by atoms with E-state index >= 15 is 0 Å². The number of carbonyl (C=O) groups excluding carboxylic acids is 2. The molecule has 1 aliphatic heterocycles. The second-order valence-corrected chi connectivity index (χ2v) is 8.06. The molecule has 28 heavy (non-hydrogen) atoms. The van der Waals surface area contributed by atoms with Crippen LogP contribution in [-0.4, -0.2) is 35.0 Å². The van der Waals surface area contributed by atoms with Crippen LogP contribution in [-0.2, 0) is 17.8 Å². The predicted octanol–water partition coefficient (Wildman–Crippen LogP) is 4.94. The van der Waals surface area contributed by atoms with Crippen LogP contribution >= 0.6 is 23.4 Å². The van der Waals surface area contributed by atoms with Crippen LogP contribution in [0.25, 0.3) is 0 Å². The number of rotatable bonds is 8. The van der Waals surface area contributed by atoms with Gasteiger partial charge in [0, 0.05) is 11.6 Å². The molecule has 3 rings (SSSR count). The lowest BCUT2D eigenvalue weighted by atomic mass is 10.1. The summed E-state index contributed by atoms with van der Waals surface area (Å²) in [7, 11) is 1.58. The molecular formula is C21H22ClNO4S. The second-order valence-electron chi connectivity index (χ2n) is 6.47. The Hall–Kier alpha value is -2.18. The molecule has 0 saturated carbocycles. The van der Waals surface area contributed by atoms with Crippen molar-refractivity contribution in [1.82, 2.24) is 4.90 Å². The van der Waals surface area contributed by atoms with Gasteiger partial charge < -0.3 is 9.47 Å². The van der Waals surface area contributed by atoms with Gasteiger partial charge in [-0.05, 0) is 48.2 Å². The van der Waals surface area contributed by atoms with Gasteiger partial charge in [0.1, 0.15) is 6.61 Å². The molecule has 0 N–H and O–H groups in total. The van der Waals surface area contributed by atoms with Crippen LogP contribution in [0, 0.1) is 0 Å². The topological polar surface area (TPSA) is 55.8 Å². The van der Waals surface area contributed by atoms with Gasteiger partial charge >= 0.3 is 0 Å². The highest BCUT2D eigenvalue weighted by Crippen LogP contribution is 2.33. The number of thioether (sulfide) groups is 1. The first kappa shape index (κ1) is 20.6. The molecule has 148 valence electrons. The van der Waals surface area contributed by atoms with Crippen molar-refractivity contribution in [3.63, 3.8) is 0 Å². The lowest BCUT2D eigenvalue weighted by Gasteiger charge is -2.14. The Morgan fingerprint density at radius 3 is 2.46 bits per heavy atom. The average molecular weight is 420 g/mol. The maximum absolute atomic E-state index is 12.4. The molecule has 1 fully saturated rings. The van der Waals surface area contributed by atoms with E-state index in [9.17, 15) is 9.59 Å². The zero-order chi connectivity index (χ0) is 20.1. The highest BCUT2D eigenvalue weighted by atomic mass is 35.5. The number of nitrogens with zero attached hydrogens (tertiary/aromatic N) is 1. The molecule has 0 bridgehead atoms. The van der Waals surface area contributed by atoms with Crippen LogP contribution < -0.4 is 9.47 Å². The molecule has 0 spiro atoms. The highest BCUT2D eigenvalue weighted by molar-refractivity contribution is 8.15. The highest BCUT2D eigenvalue weighted by Gasteiger charge is 2.38. The smallest absolute Gasteiger partial charge is 0.289 e. The van der Waals surface area contributed by atoms with Gasteiger partial charge in [0.05, 0.1) is 12.4 Å². The van der Waals surface area contributed by atoms with E-state index in [1.165, 1.54) is 4.90 Å². The molecule has 0 unspecified atom stereocenters. The normalized spacial score (nSPS) is 16.5. The Balaban J connectivity index is 1.66. The van der Waals surface area contributed by atoms with Gasteiger partial charge in [-0.1, -0.05) is 48.5 Å². The molecule has 1 saturated heterocycles. The zero-order valence-corrected chi connectivity index (χ0v) is 17.4. The molecular weight excluding hydrogens is 398 g/mol. The largest absolute Gasteiger partial charge is 0.493 e. The summed E-state index contributed by atoms with van der Waals surface area (Å²) >= 11 is 7.00. The van der Waals surface area contributed by atoms with Crippen molar-refractivity contribution in [2.24, 2.45) is 0 Å². The van der Waals surface area contributed by atoms with E-state index in [1.807, 2.05) is 49.4 Å². The molecule has 2 aromatic rings. The number of hydrogen-bond acceptors (Lipinski definition) is 5. The lowest BCUT2D eigenvalue weighted by molar-refractivity contribution is -0.126. The molecule has 1 atom stereocenters. The summed E-state index contributed by atoms with van der Waals surface area (Å²) in [5.41, 5.74) is 1.92. The number of imide groups is 1. The minimum atomic E-state index is -0.385. The lowest BCUT2D eigenvalue weighted by Crippen LogP contribution is -2.32. The third-order valence-electron chi connectivity index (χ3n) is 4.41. The summed E-state index contributed by atoms with van der Waals surface area (Å²) in [4.78, 5) is 25.8. The van der Waals surface area contributed by atoms with Crippen molar-refractivity contribution >= 4 is 34.5 Å². The van der Waals surface area contributed by atoms with E-state index in [2.05, 4.69) is 0 Å². The number of carbonyl (C=O) groups is 2. The number of amides is 2. The predicted molar refractivity (Wildman–Crippen MR) is 111 cm³/mol. The van der Waals surface area contributed by atoms with Gasteiger partial charge in [-0.25, -0.2) is 0 Å². The molecule has 5 nitrogen and oxygen atoms in total. The number of ether oxygens (including phenoxy) is 2. The third-order valence-corrected chi connectivity index (χ3v) is 5.74. The second kappa shape index (κ2) is 9.34. The van der Waals surface area contributed by atoms with Crippen LogP contribution in [0.5, 0.6) is 11.5 Å². The molecule has 0 aromatic heterocycles. The quantitative estimate of drug-likeness (QED) is 0.606. The summed E-state index contributed by atoms with van der Waals surface area (Å²) < 4.78 is 11.3. The Bertz CT molecular complexity index is 856. The average Bonchev–Trinajstić information content (AvgIpc) is 2.96. The van der Waals surface area contributed by atoms with Crippen molar-refractivity contribution < 1.29 is 19.1 Å². The molecule has 2 aromatic carbocycles. The molecule has 1 heterocycles. The Morgan fingerprint density at radius 2 is 1.79 bits per heavy atom. The van der Waals surface area contributed by atoms with Crippen LogP contribution in [0.15, 0.2) is 42.5 Å². The SMILES string of the molecule is CCCN1C(=O)S[C@@H](Cc2ccc(OCc3ccc(Cl)cc3)c(OC)c2)C1=O. The zero-order valence-electron chi connectivity index (χ0n) is 15.8. The fourth-order valence-electron chi connectivity index (χ4n) is 2.97. The van der Waals surface area contributed by atoms with E-state index in [4.69, 9.17) is 21.1 Å². The maximum atomic E-state index is 12.4. The van der Waals surface area contributed by atoms with Gasteiger partial charge in [-0.3, -0.25) is 14.5 Å². The summed E-state index contributed by atoms with van der Waals surface area (Å²) in [5, 5.41) is 0.136. The summed E-state index contributed by atoms with van der Waals surface area (Å²) in [6, 6.07) is 13.1. The standard InChI is InChI=1S/C21H22ClNO4S/c1-3-10-23-20(24)19(28-21(23)25)12-15-6-9-17(18(11-15)26-2)27-13-14-4-7-16(22)8-5-14/h4-9,11,19H,3,10,12-13H2,1-2H3/t19-/m0/s1. The number of methoxy groups -OCH3 is 1. The Labute approximate surface area is 174 Å². The van der Waals surface area contributed by atoms with Crippen LogP contribution in [0.1, 0.15) is 24.5 Å². The van der Waals surface area contributed by atoms with Gasteiger partial charge in [-0.15, -0.1) is 0 Å². The first-order chi connectivity index (χ1) is 13.5. The van der Waals surface area contributed by atoms with E-state index in [1.54, 1.807) is 7.11 Å². The fraction of sp³-hybridized carbons (Fsp3) is 0.333. The number of benzene rings is 2. The molecule has 0 aliphatic carbocycles. The van der Waals surface area contributed by atoms with Gasteiger partial charge in [0.15, 0.2) is 11.5 Å². The van der Waals surface area contributed by atoms with Gasteiger partial charge in [0.2, 0.25) is 5.91 Å². The summed E-state index contributed by atoms with van der Waals surface area (Å²) in [5.74, 6) is 1.10. The van der Waals surface area contributed by atoms with Gasteiger partial charge in [-0.2, -0.15) is 0 Å². The third kappa shape index (κ3) is 4.80. The molecule has 0 radical (unpaired) electrons. The molecule has 2 amide bonds. The van der Waals surface area contributed by atoms with E-state index in [0.29, 0.717) is 36.1 Å².